The minimum Gasteiger partial charge on any atom is -0.304 e. The summed E-state index contributed by atoms with van der Waals surface area (Å²) in [6, 6.07) is 18.7. The summed E-state index contributed by atoms with van der Waals surface area (Å²) in [4.78, 5) is 0. The molecule has 0 aliphatic carbocycles. The molecule has 0 heterocycles. The molecule has 0 saturated carbocycles. The average molecular weight is 329 g/mol. The summed E-state index contributed by atoms with van der Waals surface area (Å²) in [7, 11) is 0. The van der Waals surface area contributed by atoms with E-state index in [1.165, 1.54) is 11.1 Å². The van der Waals surface area contributed by atoms with Crippen LogP contribution in [0.15, 0.2) is 53.0 Å². The Balaban J connectivity index is 2.04. The molecule has 0 aromatic heterocycles. The first kappa shape index (κ1) is 14.8. The Kier molecular flexibility index (Phi) is 4.94. The normalized spacial score (nSPS) is 13.5. The first-order valence-electron chi connectivity index (χ1n) is 6.61. The second-order valence-electron chi connectivity index (χ2n) is 4.90. The van der Waals surface area contributed by atoms with Crippen molar-refractivity contribution in [3.63, 3.8) is 0 Å². The van der Waals surface area contributed by atoms with Crippen molar-refractivity contribution in [3.8, 4) is 6.07 Å². The van der Waals surface area contributed by atoms with Crippen molar-refractivity contribution in [2.24, 2.45) is 0 Å². The van der Waals surface area contributed by atoms with Crippen LogP contribution in [0.2, 0.25) is 0 Å². The molecule has 3 heteroatoms. The number of nitrogens with zero attached hydrogens (tertiary/aromatic N) is 1. The summed E-state index contributed by atoms with van der Waals surface area (Å²) in [5.74, 6) is 0. The highest BCUT2D eigenvalue weighted by Gasteiger charge is 2.11. The van der Waals surface area contributed by atoms with Gasteiger partial charge in [-0.1, -0.05) is 40.2 Å². The molecule has 0 spiro atoms. The molecule has 0 amide bonds. The van der Waals surface area contributed by atoms with Gasteiger partial charge in [-0.2, -0.15) is 5.26 Å². The maximum absolute atomic E-state index is 8.81. The molecule has 2 aromatic carbocycles. The van der Waals surface area contributed by atoms with Gasteiger partial charge in [-0.05, 0) is 49.2 Å². The van der Waals surface area contributed by atoms with Crippen molar-refractivity contribution < 1.29 is 0 Å². The number of hydrogen-bond acceptors (Lipinski definition) is 2. The Morgan fingerprint density at radius 1 is 0.900 bits per heavy atom. The second kappa shape index (κ2) is 6.69. The lowest BCUT2D eigenvalue weighted by atomic mass is 10.0. The second-order valence-corrected chi connectivity index (χ2v) is 5.81. The quantitative estimate of drug-likeness (QED) is 0.880. The molecule has 20 heavy (non-hydrogen) atoms. The van der Waals surface area contributed by atoms with Crippen LogP contribution in [-0.4, -0.2) is 0 Å². The van der Waals surface area contributed by atoms with Gasteiger partial charge in [0.1, 0.15) is 0 Å². The SMILES string of the molecule is CC(N[C@H](C)c1ccc(Br)cc1)c1ccc(C#N)cc1. The van der Waals surface area contributed by atoms with E-state index in [1.807, 2.05) is 24.3 Å². The largest absolute Gasteiger partial charge is 0.304 e. The molecule has 0 bridgehead atoms. The minimum atomic E-state index is 0.237. The van der Waals surface area contributed by atoms with Gasteiger partial charge in [0.05, 0.1) is 11.6 Å². The Morgan fingerprint density at radius 3 is 1.80 bits per heavy atom. The van der Waals surface area contributed by atoms with E-state index in [0.29, 0.717) is 5.56 Å². The van der Waals surface area contributed by atoms with Crippen molar-refractivity contribution in [2.45, 2.75) is 25.9 Å². The Bertz CT molecular complexity index is 596. The van der Waals surface area contributed by atoms with Crippen molar-refractivity contribution in [1.29, 1.82) is 5.26 Å². The van der Waals surface area contributed by atoms with E-state index in [0.717, 1.165) is 4.47 Å². The van der Waals surface area contributed by atoms with E-state index >= 15 is 0 Å². The predicted octanol–water partition coefficient (Wildman–Crippen LogP) is 4.73. The third-order valence-electron chi connectivity index (χ3n) is 3.41. The van der Waals surface area contributed by atoms with E-state index in [4.69, 9.17) is 5.26 Å². The number of hydrogen-bond donors (Lipinski definition) is 1. The van der Waals surface area contributed by atoms with Crippen LogP contribution < -0.4 is 5.32 Å². The fourth-order valence-electron chi connectivity index (χ4n) is 2.17. The van der Waals surface area contributed by atoms with Gasteiger partial charge in [-0.15, -0.1) is 0 Å². The van der Waals surface area contributed by atoms with Gasteiger partial charge in [0, 0.05) is 16.6 Å². The van der Waals surface area contributed by atoms with E-state index < -0.39 is 0 Å². The van der Waals surface area contributed by atoms with Gasteiger partial charge in [-0.25, -0.2) is 0 Å². The van der Waals surface area contributed by atoms with Crippen LogP contribution in [0.4, 0.5) is 0 Å². The number of benzene rings is 2. The highest BCUT2D eigenvalue weighted by Crippen LogP contribution is 2.21. The summed E-state index contributed by atoms with van der Waals surface area (Å²) in [6.45, 7) is 4.29. The molecule has 1 unspecified atom stereocenters. The van der Waals surface area contributed by atoms with Crippen molar-refractivity contribution in [2.75, 3.05) is 0 Å². The molecular weight excluding hydrogens is 312 g/mol. The molecule has 0 aliphatic rings. The van der Waals surface area contributed by atoms with Gasteiger partial charge in [0.15, 0.2) is 0 Å². The highest BCUT2D eigenvalue weighted by atomic mass is 79.9. The molecule has 2 nitrogen and oxygen atoms in total. The van der Waals surface area contributed by atoms with Crippen molar-refractivity contribution in [3.05, 3.63) is 69.7 Å². The predicted molar refractivity (Wildman–Crippen MR) is 85.3 cm³/mol. The van der Waals surface area contributed by atoms with Crippen LogP contribution in [0.25, 0.3) is 0 Å². The molecule has 0 saturated heterocycles. The van der Waals surface area contributed by atoms with Crippen LogP contribution in [-0.2, 0) is 0 Å². The summed E-state index contributed by atoms with van der Waals surface area (Å²) >= 11 is 3.45. The maximum atomic E-state index is 8.81. The van der Waals surface area contributed by atoms with Crippen LogP contribution in [0.5, 0.6) is 0 Å². The lowest BCUT2D eigenvalue weighted by Crippen LogP contribution is -2.22. The first-order valence-corrected chi connectivity index (χ1v) is 7.41. The highest BCUT2D eigenvalue weighted by molar-refractivity contribution is 9.10. The van der Waals surface area contributed by atoms with E-state index in [9.17, 15) is 0 Å². The Hall–Kier alpha value is -1.63. The molecule has 2 aromatic rings. The van der Waals surface area contributed by atoms with Crippen molar-refractivity contribution >= 4 is 15.9 Å². The van der Waals surface area contributed by atoms with Gasteiger partial charge in [0.2, 0.25) is 0 Å². The smallest absolute Gasteiger partial charge is 0.0991 e. The maximum Gasteiger partial charge on any atom is 0.0991 e. The monoisotopic (exact) mass is 328 g/mol. The number of nitrogens with one attached hydrogen (secondary N) is 1. The summed E-state index contributed by atoms with van der Waals surface area (Å²) in [5, 5.41) is 12.4. The third-order valence-corrected chi connectivity index (χ3v) is 3.94. The molecule has 0 radical (unpaired) electrons. The Morgan fingerprint density at radius 2 is 1.35 bits per heavy atom. The molecule has 0 fully saturated rings. The molecule has 102 valence electrons. The summed E-state index contributed by atoms with van der Waals surface area (Å²) in [6.07, 6.45) is 0. The fraction of sp³-hybridized carbons (Fsp3) is 0.235. The molecule has 2 rings (SSSR count). The van der Waals surface area contributed by atoms with E-state index in [2.05, 4.69) is 65.4 Å². The van der Waals surface area contributed by atoms with E-state index in [-0.39, 0.29) is 12.1 Å². The standard InChI is InChI=1S/C17H17BrN2/c1-12(15-5-3-14(11-19)4-6-15)20-13(2)16-7-9-17(18)10-8-16/h3-10,12-13,20H,1-2H3/t12?,13-/m1/s1. The van der Waals surface area contributed by atoms with Gasteiger partial charge >= 0.3 is 0 Å². The zero-order chi connectivity index (χ0) is 14.5. The molecule has 2 atom stereocenters. The van der Waals surface area contributed by atoms with Crippen LogP contribution in [0.1, 0.15) is 42.6 Å². The van der Waals surface area contributed by atoms with Gasteiger partial charge in [0.25, 0.3) is 0 Å². The fourth-order valence-corrected chi connectivity index (χ4v) is 2.43. The minimum absolute atomic E-state index is 0.237. The number of nitriles is 1. The van der Waals surface area contributed by atoms with Crippen LogP contribution in [0.3, 0.4) is 0 Å². The van der Waals surface area contributed by atoms with E-state index in [1.54, 1.807) is 0 Å². The summed E-state index contributed by atoms with van der Waals surface area (Å²) < 4.78 is 1.09. The number of halogens is 1. The lowest BCUT2D eigenvalue weighted by molar-refractivity contribution is 0.494. The molecular formula is C17H17BrN2. The van der Waals surface area contributed by atoms with Crippen LogP contribution in [0, 0.1) is 11.3 Å². The third kappa shape index (κ3) is 3.69. The molecule has 1 N–H and O–H groups in total. The van der Waals surface area contributed by atoms with Crippen LogP contribution >= 0.6 is 15.9 Å². The zero-order valence-electron chi connectivity index (χ0n) is 11.6. The lowest BCUT2D eigenvalue weighted by Gasteiger charge is -2.21. The Labute approximate surface area is 128 Å². The van der Waals surface area contributed by atoms with Gasteiger partial charge in [-0.3, -0.25) is 0 Å². The van der Waals surface area contributed by atoms with Gasteiger partial charge < -0.3 is 5.32 Å². The first-order chi connectivity index (χ1) is 9.60. The molecule has 0 aliphatic heterocycles. The van der Waals surface area contributed by atoms with Crippen molar-refractivity contribution in [1.82, 2.24) is 5.32 Å². The zero-order valence-corrected chi connectivity index (χ0v) is 13.2. The topological polar surface area (TPSA) is 35.8 Å². The number of rotatable bonds is 4. The summed E-state index contributed by atoms with van der Waals surface area (Å²) in [5.41, 5.74) is 3.14. The average Bonchev–Trinajstić information content (AvgIpc) is 2.48.